The Morgan fingerprint density at radius 1 is 1.04 bits per heavy atom. The van der Waals surface area contributed by atoms with Gasteiger partial charge in [0, 0.05) is 11.1 Å². The molecule has 0 saturated carbocycles. The summed E-state index contributed by atoms with van der Waals surface area (Å²) in [5, 5.41) is 0.716. The van der Waals surface area contributed by atoms with E-state index in [1.54, 1.807) is 35.2 Å². The fourth-order valence-corrected chi connectivity index (χ4v) is 2.73. The first-order chi connectivity index (χ1) is 11.0. The maximum atomic E-state index is 12.8. The molecule has 0 atom stereocenters. The zero-order chi connectivity index (χ0) is 16.6. The summed E-state index contributed by atoms with van der Waals surface area (Å²) in [5.74, 6) is 0.295. The lowest BCUT2D eigenvalue weighted by molar-refractivity contribution is 0.0973. The molecule has 0 fully saturated rings. The number of carbonyl (C=O) groups is 2. The van der Waals surface area contributed by atoms with Gasteiger partial charge in [-0.15, -0.1) is 0 Å². The lowest BCUT2D eigenvalue weighted by atomic mass is 10.1. The van der Waals surface area contributed by atoms with Crippen LogP contribution in [-0.4, -0.2) is 24.8 Å². The number of ketones is 1. The minimum Gasteiger partial charge on any atom is -0.490 e. The van der Waals surface area contributed by atoms with E-state index in [0.29, 0.717) is 45.8 Å². The van der Waals surface area contributed by atoms with Gasteiger partial charge in [-0.2, -0.15) is 0 Å². The molecule has 0 saturated heterocycles. The number of rotatable bonds is 2. The summed E-state index contributed by atoms with van der Waals surface area (Å²) in [5.41, 5.74) is 1.54. The van der Waals surface area contributed by atoms with Gasteiger partial charge in [-0.1, -0.05) is 23.2 Å². The number of benzene rings is 2. The predicted octanol–water partition coefficient (Wildman–Crippen LogP) is 4.24. The van der Waals surface area contributed by atoms with Crippen LogP contribution in [0.4, 0.5) is 5.69 Å². The summed E-state index contributed by atoms with van der Waals surface area (Å²) in [7, 11) is 0. The van der Waals surface area contributed by atoms with Crippen LogP contribution in [0.1, 0.15) is 27.6 Å². The maximum absolute atomic E-state index is 12.8. The number of Topliss-reactive ketones (excluding diaryl/α,β-unsaturated/α-hetero) is 1. The zero-order valence-electron chi connectivity index (χ0n) is 12.3. The Hall–Kier alpha value is -2.04. The number of nitrogens with zero attached hydrogens (tertiary/aromatic N) is 1. The van der Waals surface area contributed by atoms with E-state index in [1.807, 2.05) is 0 Å². The molecule has 1 heterocycles. The summed E-state index contributed by atoms with van der Waals surface area (Å²) in [6.45, 7) is 2.27. The first-order valence-corrected chi connectivity index (χ1v) is 7.77. The number of hydrogen-bond acceptors (Lipinski definition) is 3. The molecule has 1 aliphatic rings. The van der Waals surface area contributed by atoms with Crippen molar-refractivity contribution in [1.29, 1.82) is 0 Å². The van der Waals surface area contributed by atoms with Crippen molar-refractivity contribution in [2.45, 2.75) is 6.92 Å². The second-order valence-corrected chi connectivity index (χ2v) is 5.99. The van der Waals surface area contributed by atoms with E-state index in [4.69, 9.17) is 27.9 Å². The number of hydrogen-bond donors (Lipinski definition) is 0. The molecule has 2 aromatic rings. The van der Waals surface area contributed by atoms with Gasteiger partial charge in [0.1, 0.15) is 12.4 Å². The van der Waals surface area contributed by atoms with E-state index in [9.17, 15) is 9.59 Å². The number of amides is 1. The van der Waals surface area contributed by atoms with Gasteiger partial charge in [0.25, 0.3) is 5.91 Å². The highest BCUT2D eigenvalue weighted by Gasteiger charge is 2.25. The highest BCUT2D eigenvalue weighted by Crippen LogP contribution is 2.34. The van der Waals surface area contributed by atoms with E-state index in [-0.39, 0.29) is 11.7 Å². The molecule has 23 heavy (non-hydrogen) atoms. The molecule has 0 bridgehead atoms. The van der Waals surface area contributed by atoms with Crippen LogP contribution in [0.3, 0.4) is 0 Å². The van der Waals surface area contributed by atoms with Crippen molar-refractivity contribution in [3.05, 3.63) is 57.6 Å². The minimum atomic E-state index is -0.214. The molecule has 1 aliphatic heterocycles. The maximum Gasteiger partial charge on any atom is 0.258 e. The lowest BCUT2D eigenvalue weighted by Gasteiger charge is -2.30. The fourth-order valence-electron chi connectivity index (χ4n) is 2.43. The Bertz CT molecular complexity index is 804. The first-order valence-electron chi connectivity index (χ1n) is 7.02. The lowest BCUT2D eigenvalue weighted by Crippen LogP contribution is -2.38. The van der Waals surface area contributed by atoms with Gasteiger partial charge in [-0.05, 0) is 43.3 Å². The molecule has 0 aromatic heterocycles. The zero-order valence-corrected chi connectivity index (χ0v) is 13.8. The van der Waals surface area contributed by atoms with Crippen LogP contribution < -0.4 is 9.64 Å². The van der Waals surface area contributed by atoms with Crippen LogP contribution in [0.2, 0.25) is 10.0 Å². The van der Waals surface area contributed by atoms with Crippen LogP contribution in [0.15, 0.2) is 36.4 Å². The van der Waals surface area contributed by atoms with E-state index in [0.717, 1.165) is 0 Å². The Morgan fingerprint density at radius 3 is 2.48 bits per heavy atom. The topological polar surface area (TPSA) is 46.6 Å². The number of ether oxygens (including phenoxy) is 1. The minimum absolute atomic E-state index is 0.0692. The molecule has 2 aromatic carbocycles. The van der Waals surface area contributed by atoms with E-state index in [2.05, 4.69) is 0 Å². The second-order valence-electron chi connectivity index (χ2n) is 5.17. The molecule has 0 unspecified atom stereocenters. The van der Waals surface area contributed by atoms with Gasteiger partial charge in [-0.3, -0.25) is 9.59 Å². The van der Waals surface area contributed by atoms with Crippen molar-refractivity contribution in [3.63, 3.8) is 0 Å². The van der Waals surface area contributed by atoms with Gasteiger partial charge in [0.05, 0.1) is 22.3 Å². The molecule has 0 radical (unpaired) electrons. The molecule has 3 rings (SSSR count). The SMILES string of the molecule is CC(=O)c1ccc2c(c1)N(C(=O)c1ccc(Cl)c(Cl)c1)CCO2. The Morgan fingerprint density at radius 2 is 1.78 bits per heavy atom. The van der Waals surface area contributed by atoms with Crippen molar-refractivity contribution in [2.75, 3.05) is 18.1 Å². The molecular weight excluding hydrogens is 337 g/mol. The van der Waals surface area contributed by atoms with Gasteiger partial charge in [0.15, 0.2) is 5.78 Å². The Balaban J connectivity index is 2.01. The fraction of sp³-hybridized carbons (Fsp3) is 0.176. The van der Waals surface area contributed by atoms with Crippen LogP contribution >= 0.6 is 23.2 Å². The smallest absolute Gasteiger partial charge is 0.258 e. The van der Waals surface area contributed by atoms with Crippen LogP contribution in [0.5, 0.6) is 5.75 Å². The third-order valence-corrected chi connectivity index (χ3v) is 4.38. The third-order valence-electron chi connectivity index (χ3n) is 3.64. The molecular formula is C17H13Cl2NO3. The van der Waals surface area contributed by atoms with Crippen molar-refractivity contribution < 1.29 is 14.3 Å². The Kier molecular flexibility index (Phi) is 4.28. The summed E-state index contributed by atoms with van der Waals surface area (Å²) in [4.78, 5) is 26.0. The quantitative estimate of drug-likeness (QED) is 0.762. The summed E-state index contributed by atoms with van der Waals surface area (Å²) < 4.78 is 5.56. The van der Waals surface area contributed by atoms with Crippen molar-refractivity contribution in [1.82, 2.24) is 0 Å². The second kappa shape index (κ2) is 6.22. The third kappa shape index (κ3) is 3.05. The number of carbonyl (C=O) groups excluding carboxylic acids is 2. The van der Waals surface area contributed by atoms with Gasteiger partial charge in [-0.25, -0.2) is 0 Å². The van der Waals surface area contributed by atoms with E-state index in [1.165, 1.54) is 13.0 Å². The molecule has 0 spiro atoms. The molecule has 0 aliphatic carbocycles. The average Bonchev–Trinajstić information content (AvgIpc) is 2.55. The monoisotopic (exact) mass is 349 g/mol. The normalized spacial score (nSPS) is 13.3. The van der Waals surface area contributed by atoms with Crippen molar-refractivity contribution >= 4 is 40.6 Å². The predicted molar refractivity (Wildman–Crippen MR) is 90.1 cm³/mol. The van der Waals surface area contributed by atoms with Gasteiger partial charge in [0.2, 0.25) is 0 Å². The Labute approximate surface area is 143 Å². The van der Waals surface area contributed by atoms with Crippen LogP contribution in [-0.2, 0) is 0 Å². The number of halogens is 2. The van der Waals surface area contributed by atoms with Crippen molar-refractivity contribution in [2.24, 2.45) is 0 Å². The molecule has 1 amide bonds. The largest absolute Gasteiger partial charge is 0.490 e. The van der Waals surface area contributed by atoms with Crippen LogP contribution in [0, 0.1) is 0 Å². The molecule has 4 nitrogen and oxygen atoms in total. The summed E-state index contributed by atoms with van der Waals surface area (Å²) >= 11 is 11.9. The highest BCUT2D eigenvalue weighted by molar-refractivity contribution is 6.42. The van der Waals surface area contributed by atoms with Crippen molar-refractivity contribution in [3.8, 4) is 5.75 Å². The highest BCUT2D eigenvalue weighted by atomic mass is 35.5. The standard InChI is InChI=1S/C17H13Cl2NO3/c1-10(21)11-3-5-16-15(9-11)20(6-7-23-16)17(22)12-2-4-13(18)14(19)8-12/h2-5,8-9H,6-7H2,1H3. The number of fused-ring (bicyclic) bond motifs is 1. The summed E-state index contributed by atoms with van der Waals surface area (Å²) in [6.07, 6.45) is 0. The van der Waals surface area contributed by atoms with Gasteiger partial charge >= 0.3 is 0 Å². The summed E-state index contributed by atoms with van der Waals surface area (Å²) in [6, 6.07) is 9.82. The molecule has 6 heteroatoms. The van der Waals surface area contributed by atoms with Crippen LogP contribution in [0.25, 0.3) is 0 Å². The molecule has 118 valence electrons. The van der Waals surface area contributed by atoms with E-state index < -0.39 is 0 Å². The first kappa shape index (κ1) is 15.8. The van der Waals surface area contributed by atoms with E-state index >= 15 is 0 Å². The molecule has 0 N–H and O–H groups in total. The van der Waals surface area contributed by atoms with Gasteiger partial charge < -0.3 is 9.64 Å². The number of anilines is 1. The average molecular weight is 350 g/mol.